The lowest BCUT2D eigenvalue weighted by Crippen LogP contribution is -2.62. The molecule has 2 fully saturated rings. The van der Waals surface area contributed by atoms with Gasteiger partial charge in [0, 0.05) is 23.8 Å². The van der Waals surface area contributed by atoms with Crippen molar-refractivity contribution in [3.05, 3.63) is 76.5 Å². The summed E-state index contributed by atoms with van der Waals surface area (Å²) in [5.41, 5.74) is -0.845. The van der Waals surface area contributed by atoms with Gasteiger partial charge in [0.05, 0.1) is 12.7 Å². The van der Waals surface area contributed by atoms with E-state index in [1.807, 2.05) is 0 Å². The van der Waals surface area contributed by atoms with Gasteiger partial charge < -0.3 is 79.2 Å². The average molecular weight is 757 g/mol. The van der Waals surface area contributed by atoms with E-state index in [0.29, 0.717) is 5.56 Å². The zero-order chi connectivity index (χ0) is 39.0. The Balaban J connectivity index is 1.18. The highest BCUT2D eigenvalue weighted by Gasteiger charge is 2.49. The molecule has 0 unspecified atom stereocenters. The number of benzene rings is 3. The van der Waals surface area contributed by atoms with Crippen LogP contribution in [0.25, 0.3) is 28.4 Å². The summed E-state index contributed by atoms with van der Waals surface area (Å²) in [6.07, 6.45) is -14.3. The van der Waals surface area contributed by atoms with Gasteiger partial charge in [-0.1, -0.05) is 12.1 Å². The number of ether oxygens (including phenoxy) is 5. The number of aromatic hydroxyl groups is 5. The summed E-state index contributed by atoms with van der Waals surface area (Å²) in [5.74, 6) is -4.30. The molecule has 0 amide bonds. The van der Waals surface area contributed by atoms with Crippen LogP contribution in [0.1, 0.15) is 12.5 Å². The number of esters is 1. The molecule has 2 aliphatic rings. The number of hydrogen-bond donors (Lipinski definition) is 10. The van der Waals surface area contributed by atoms with Gasteiger partial charge >= 0.3 is 5.97 Å². The van der Waals surface area contributed by atoms with Crippen molar-refractivity contribution in [2.75, 3.05) is 6.61 Å². The Morgan fingerprint density at radius 1 is 0.759 bits per heavy atom. The van der Waals surface area contributed by atoms with Gasteiger partial charge in [-0.05, 0) is 48.9 Å². The highest BCUT2D eigenvalue weighted by Crippen LogP contribution is 2.39. The summed E-state index contributed by atoms with van der Waals surface area (Å²) >= 11 is 0. The van der Waals surface area contributed by atoms with E-state index < -0.39 is 119 Å². The van der Waals surface area contributed by atoms with Crippen LogP contribution < -0.4 is 10.2 Å². The summed E-state index contributed by atoms with van der Waals surface area (Å²) in [6.45, 7) is 0.764. The molecule has 0 spiro atoms. The average Bonchev–Trinajstić information content (AvgIpc) is 3.13. The van der Waals surface area contributed by atoms with E-state index >= 15 is 0 Å². The molecule has 10 atom stereocenters. The monoisotopic (exact) mass is 756 g/mol. The molecule has 3 aromatic carbocycles. The van der Waals surface area contributed by atoms with Crippen LogP contribution in [0.4, 0.5) is 0 Å². The maximum Gasteiger partial charge on any atom is 0.331 e. The van der Waals surface area contributed by atoms with Gasteiger partial charge in [0.2, 0.25) is 17.5 Å². The lowest BCUT2D eigenvalue weighted by Gasteiger charge is -2.43. The molecule has 0 saturated carbocycles. The van der Waals surface area contributed by atoms with Gasteiger partial charge in [0.25, 0.3) is 0 Å². The second-order valence-electron chi connectivity index (χ2n) is 12.6. The highest BCUT2D eigenvalue weighted by atomic mass is 16.7. The summed E-state index contributed by atoms with van der Waals surface area (Å²) in [5, 5.41) is 103. The van der Waals surface area contributed by atoms with Crippen LogP contribution in [0.3, 0.4) is 0 Å². The van der Waals surface area contributed by atoms with Crippen molar-refractivity contribution in [2.45, 2.75) is 68.3 Å². The second kappa shape index (κ2) is 15.5. The number of aliphatic hydroxyl groups is 5. The minimum Gasteiger partial charge on any atom is -0.508 e. The number of carbonyl (C=O) groups is 1. The molecule has 18 heteroatoms. The number of fused-ring (bicyclic) bond motifs is 1. The largest absolute Gasteiger partial charge is 0.508 e. The van der Waals surface area contributed by atoms with Crippen molar-refractivity contribution in [1.82, 2.24) is 0 Å². The number of hydrogen-bond acceptors (Lipinski definition) is 18. The zero-order valence-corrected chi connectivity index (χ0v) is 28.1. The first-order valence-corrected chi connectivity index (χ1v) is 16.3. The van der Waals surface area contributed by atoms with Crippen LogP contribution in [0.5, 0.6) is 34.5 Å². The molecule has 0 bridgehead atoms. The maximum atomic E-state index is 13.7. The van der Waals surface area contributed by atoms with Crippen molar-refractivity contribution < 1.29 is 84.0 Å². The Bertz CT molecular complexity index is 2080. The van der Waals surface area contributed by atoms with Crippen LogP contribution >= 0.6 is 0 Å². The molecule has 0 aliphatic carbocycles. The van der Waals surface area contributed by atoms with Gasteiger partial charge in [-0.3, -0.25) is 4.79 Å². The molecule has 6 rings (SSSR count). The van der Waals surface area contributed by atoms with E-state index in [2.05, 4.69) is 0 Å². The molecule has 54 heavy (non-hydrogen) atoms. The predicted octanol–water partition coefficient (Wildman–Crippen LogP) is 0.283. The van der Waals surface area contributed by atoms with Gasteiger partial charge in [0.1, 0.15) is 64.8 Å². The van der Waals surface area contributed by atoms with Crippen LogP contribution in [0.2, 0.25) is 0 Å². The van der Waals surface area contributed by atoms with Gasteiger partial charge in [-0.25, -0.2) is 4.79 Å². The first-order chi connectivity index (χ1) is 25.6. The smallest absolute Gasteiger partial charge is 0.331 e. The molecule has 3 heterocycles. The third-order valence-corrected chi connectivity index (χ3v) is 8.82. The third kappa shape index (κ3) is 7.77. The Morgan fingerprint density at radius 3 is 2.17 bits per heavy atom. The minimum absolute atomic E-state index is 0.0339. The zero-order valence-electron chi connectivity index (χ0n) is 28.1. The fourth-order valence-electron chi connectivity index (χ4n) is 5.92. The van der Waals surface area contributed by atoms with Crippen LogP contribution in [-0.4, -0.2) is 125 Å². The Kier molecular flexibility index (Phi) is 11.0. The molecular weight excluding hydrogens is 720 g/mol. The van der Waals surface area contributed by atoms with E-state index in [1.165, 1.54) is 31.2 Å². The fourth-order valence-corrected chi connectivity index (χ4v) is 5.92. The number of phenols is 5. The van der Waals surface area contributed by atoms with E-state index in [1.54, 1.807) is 12.1 Å². The van der Waals surface area contributed by atoms with Crippen molar-refractivity contribution in [2.24, 2.45) is 0 Å². The summed E-state index contributed by atoms with van der Waals surface area (Å²) in [7, 11) is 0. The molecular formula is C36H36O18. The lowest BCUT2D eigenvalue weighted by molar-refractivity contribution is -0.319. The van der Waals surface area contributed by atoms with E-state index in [4.69, 9.17) is 28.1 Å². The first kappa shape index (κ1) is 38.3. The quantitative estimate of drug-likeness (QED) is 0.0623. The van der Waals surface area contributed by atoms with Crippen molar-refractivity contribution in [1.29, 1.82) is 0 Å². The van der Waals surface area contributed by atoms with Crippen molar-refractivity contribution >= 4 is 23.0 Å². The second-order valence-corrected chi connectivity index (χ2v) is 12.6. The normalized spacial score (nSPS) is 28.6. The molecule has 1 aromatic heterocycles. The lowest BCUT2D eigenvalue weighted by atomic mass is 9.98. The van der Waals surface area contributed by atoms with Crippen molar-refractivity contribution in [3.63, 3.8) is 0 Å². The molecule has 2 saturated heterocycles. The standard InChI is InChI=1S/C36H36O18/c1-14-32(53-24(42)9-4-15-2-6-17(37)7-3-15)29(46)31(48)35(50-14)49-13-23-26(43)28(45)30(47)36(52-23)54-34-27(44)25-21(41)11-18(38)12-22(25)51-33(34)16-5-8-19(39)20(40)10-16/h2-12,14,23,26,28-32,35-41,43,45-48H,13H2,1H3/b9-4+/t14-,23+,26+,28-,29-,30+,31+,32-,35+,36-/m0/s1. The van der Waals surface area contributed by atoms with Gasteiger partial charge in [-0.15, -0.1) is 0 Å². The highest BCUT2D eigenvalue weighted by molar-refractivity contribution is 5.88. The van der Waals surface area contributed by atoms with Crippen LogP contribution in [-0.2, 0) is 23.7 Å². The summed E-state index contributed by atoms with van der Waals surface area (Å²) < 4.78 is 33.7. The maximum absolute atomic E-state index is 13.7. The number of rotatable bonds is 9. The number of phenolic OH excluding ortho intramolecular Hbond substituents is 5. The molecule has 2 aliphatic heterocycles. The molecule has 18 nitrogen and oxygen atoms in total. The Hall–Kier alpha value is -5.44. The predicted molar refractivity (Wildman–Crippen MR) is 181 cm³/mol. The van der Waals surface area contributed by atoms with Crippen LogP contribution in [0.15, 0.2) is 69.9 Å². The number of aliphatic hydroxyl groups excluding tert-OH is 5. The number of carbonyl (C=O) groups excluding carboxylic acids is 1. The Morgan fingerprint density at radius 2 is 1.46 bits per heavy atom. The van der Waals surface area contributed by atoms with Gasteiger partial charge in [0.15, 0.2) is 29.7 Å². The first-order valence-electron chi connectivity index (χ1n) is 16.3. The van der Waals surface area contributed by atoms with E-state index in [9.17, 15) is 60.7 Å². The molecule has 10 N–H and O–H groups in total. The Labute approximate surface area is 304 Å². The van der Waals surface area contributed by atoms with E-state index in [0.717, 1.165) is 30.3 Å². The van der Waals surface area contributed by atoms with Crippen molar-refractivity contribution in [3.8, 4) is 45.8 Å². The molecule has 0 radical (unpaired) electrons. The van der Waals surface area contributed by atoms with E-state index in [-0.39, 0.29) is 16.9 Å². The minimum atomic E-state index is -2.02. The topological polar surface area (TPSA) is 296 Å². The summed E-state index contributed by atoms with van der Waals surface area (Å²) in [6, 6.07) is 11.1. The SMILES string of the molecule is C[C@@H]1O[C@@H](OC[C@H]2O[C@@H](Oc3c(-c4ccc(O)c(O)c4)oc4cc(O)cc(O)c4c3=O)[C@H](O)[C@@H](O)[C@@H]2O)[C@H](O)[C@H](O)[C@H]1OC(=O)/C=C/c1ccc(O)cc1. The fraction of sp³-hybridized carbons (Fsp3) is 0.333. The van der Waals surface area contributed by atoms with Gasteiger partial charge in [-0.2, -0.15) is 0 Å². The molecule has 4 aromatic rings. The summed E-state index contributed by atoms with van der Waals surface area (Å²) in [4.78, 5) is 26.2. The third-order valence-electron chi connectivity index (χ3n) is 8.82. The van der Waals surface area contributed by atoms with Crippen LogP contribution in [0, 0.1) is 0 Å². The molecule has 288 valence electrons.